The molecule has 163 valence electrons. The van der Waals surface area contributed by atoms with Gasteiger partial charge in [-0.25, -0.2) is 9.50 Å². The molecule has 1 saturated carbocycles. The molecule has 0 spiro atoms. The molecule has 2 fully saturated rings. The number of nitrogens with two attached hydrogens (primary N) is 1. The largest absolute Gasteiger partial charge is 0.393 e. The molecule has 3 aromatic heterocycles. The van der Waals surface area contributed by atoms with Crippen LogP contribution < -0.4 is 5.73 Å². The van der Waals surface area contributed by atoms with Crippen molar-refractivity contribution in [2.24, 2.45) is 0 Å². The van der Waals surface area contributed by atoms with E-state index in [0.717, 1.165) is 66.9 Å². The Morgan fingerprint density at radius 3 is 2.62 bits per heavy atom. The van der Waals surface area contributed by atoms with Crippen LogP contribution in [0.25, 0.3) is 28.0 Å². The summed E-state index contributed by atoms with van der Waals surface area (Å²) in [5, 5.41) is 18.9. The summed E-state index contributed by atoms with van der Waals surface area (Å²) in [7, 11) is 0. The summed E-state index contributed by atoms with van der Waals surface area (Å²) < 4.78 is 9.51. The number of rotatable bonds is 4. The lowest BCUT2D eigenvalue weighted by Gasteiger charge is -2.31. The number of nitrogens with zero attached hydrogens (tertiary/aromatic N) is 5. The van der Waals surface area contributed by atoms with Gasteiger partial charge in [0.2, 0.25) is 0 Å². The van der Waals surface area contributed by atoms with Crippen LogP contribution in [0.1, 0.15) is 37.3 Å². The maximum absolute atomic E-state index is 9.71. The average Bonchev–Trinajstić information content (AvgIpc) is 3.43. The Kier molecular flexibility index (Phi) is 4.69. The molecular weight excluding hydrogens is 404 g/mol. The van der Waals surface area contributed by atoms with Crippen molar-refractivity contribution in [3.05, 3.63) is 60.4 Å². The quantitative estimate of drug-likeness (QED) is 0.516. The minimum absolute atomic E-state index is 0.215. The van der Waals surface area contributed by atoms with Crippen LogP contribution in [-0.4, -0.2) is 48.8 Å². The van der Waals surface area contributed by atoms with Crippen LogP contribution in [0.4, 0.5) is 5.82 Å². The van der Waals surface area contributed by atoms with Crippen molar-refractivity contribution >= 4 is 11.3 Å². The van der Waals surface area contributed by atoms with Crippen LogP contribution in [0.5, 0.6) is 0 Å². The first-order chi connectivity index (χ1) is 15.7. The summed E-state index contributed by atoms with van der Waals surface area (Å²) in [4.78, 5) is 4.27. The van der Waals surface area contributed by atoms with Crippen LogP contribution in [0.2, 0.25) is 0 Å². The highest BCUT2D eigenvalue weighted by Gasteiger charge is 2.29. The van der Waals surface area contributed by atoms with Gasteiger partial charge in [-0.15, -0.1) is 0 Å². The van der Waals surface area contributed by atoms with Crippen LogP contribution in [0, 0.1) is 5.92 Å². The summed E-state index contributed by atoms with van der Waals surface area (Å²) >= 11 is 0. The van der Waals surface area contributed by atoms with Crippen molar-refractivity contribution in [2.75, 3.05) is 18.9 Å². The highest BCUT2D eigenvalue weighted by Crippen LogP contribution is 2.39. The van der Waals surface area contributed by atoms with Gasteiger partial charge < -0.3 is 15.6 Å². The average molecular weight is 430 g/mol. The Morgan fingerprint density at radius 1 is 1.00 bits per heavy atom. The van der Waals surface area contributed by atoms with E-state index in [9.17, 15) is 5.11 Å². The van der Waals surface area contributed by atoms with Crippen LogP contribution in [0.15, 0.2) is 48.9 Å². The topological polar surface area (TPSA) is 103 Å². The molecule has 0 atom stereocenters. The molecular formula is C24H25N6O2. The number of benzene rings is 1. The zero-order valence-electron chi connectivity index (χ0n) is 17.7. The molecule has 1 aliphatic carbocycles. The van der Waals surface area contributed by atoms with Crippen LogP contribution in [0.3, 0.4) is 0 Å². The minimum Gasteiger partial charge on any atom is -0.393 e. The van der Waals surface area contributed by atoms with Gasteiger partial charge in [-0.3, -0.25) is 4.68 Å². The number of hydrogen-bond donors (Lipinski definition) is 2. The Balaban J connectivity index is 1.48. The number of aliphatic hydroxyl groups excluding tert-OH is 1. The van der Waals surface area contributed by atoms with Gasteiger partial charge in [-0.05, 0) is 49.4 Å². The van der Waals surface area contributed by atoms with Gasteiger partial charge in [0.15, 0.2) is 5.82 Å². The first-order valence-electron chi connectivity index (χ1n) is 11.1. The lowest BCUT2D eigenvalue weighted by molar-refractivity contribution is 0.0667. The molecule has 6 rings (SSSR count). The number of nitrogen functional groups attached to an aromatic ring is 1. The third-order valence-electron chi connectivity index (χ3n) is 6.60. The van der Waals surface area contributed by atoms with Crippen molar-refractivity contribution < 1.29 is 9.84 Å². The molecule has 8 heteroatoms. The molecule has 1 radical (unpaired) electrons. The van der Waals surface area contributed by atoms with Crippen molar-refractivity contribution in [1.29, 1.82) is 0 Å². The van der Waals surface area contributed by atoms with Gasteiger partial charge >= 0.3 is 0 Å². The fraction of sp³-hybridized carbons (Fsp3) is 0.333. The molecule has 0 bridgehead atoms. The third-order valence-corrected chi connectivity index (χ3v) is 6.60. The van der Waals surface area contributed by atoms with Gasteiger partial charge in [0, 0.05) is 36.5 Å². The van der Waals surface area contributed by atoms with E-state index in [2.05, 4.69) is 50.2 Å². The van der Waals surface area contributed by atoms with Crippen LogP contribution in [-0.2, 0) is 4.74 Å². The van der Waals surface area contributed by atoms with E-state index >= 15 is 0 Å². The van der Waals surface area contributed by atoms with Gasteiger partial charge in [0.1, 0.15) is 11.8 Å². The Hall–Kier alpha value is -3.23. The summed E-state index contributed by atoms with van der Waals surface area (Å²) in [5.41, 5.74) is 12.3. The monoisotopic (exact) mass is 429 g/mol. The minimum atomic E-state index is -0.215. The number of aromatic nitrogens is 5. The molecule has 1 aliphatic heterocycles. The molecule has 3 N–H and O–H groups in total. The Labute approximate surface area is 185 Å². The van der Waals surface area contributed by atoms with Crippen molar-refractivity contribution in [2.45, 2.75) is 37.8 Å². The highest BCUT2D eigenvalue weighted by atomic mass is 16.5. The fourth-order valence-corrected chi connectivity index (χ4v) is 4.86. The third kappa shape index (κ3) is 3.18. The molecule has 32 heavy (non-hydrogen) atoms. The molecule has 1 aromatic carbocycles. The standard InChI is InChI=1S/C24H25N6O2/c25-24-23-20(21-4-7-27-29(21)18-5-8-32-9-6-18)13-22(30(23)28-14-26-24)16-3-1-2-15(10-16)17-11-19(31)12-17/h1-4,7,10,13-14,18-19,31H,5-6,8-9,11-12H2,(H2,25,26,28). The molecule has 2 aliphatic rings. The number of anilines is 1. The second-order valence-corrected chi connectivity index (χ2v) is 8.60. The molecule has 0 amide bonds. The molecule has 8 nitrogen and oxygen atoms in total. The number of fused-ring (bicyclic) bond motifs is 1. The number of hydrogen-bond acceptors (Lipinski definition) is 6. The van der Waals surface area contributed by atoms with Gasteiger partial charge in [0.25, 0.3) is 0 Å². The van der Waals surface area contributed by atoms with E-state index in [-0.39, 0.29) is 6.10 Å². The van der Waals surface area contributed by atoms with E-state index in [1.807, 2.05) is 16.8 Å². The van der Waals surface area contributed by atoms with Crippen molar-refractivity contribution in [3.63, 3.8) is 0 Å². The first-order valence-corrected chi connectivity index (χ1v) is 11.1. The molecule has 4 aromatic rings. The predicted octanol–water partition coefficient (Wildman–Crippen LogP) is 3.27. The maximum atomic E-state index is 9.71. The van der Waals surface area contributed by atoms with Crippen LogP contribution >= 0.6 is 0 Å². The van der Waals surface area contributed by atoms with Crippen molar-refractivity contribution in [1.82, 2.24) is 24.4 Å². The first kappa shape index (κ1) is 19.5. The van der Waals surface area contributed by atoms with E-state index in [1.165, 1.54) is 17.8 Å². The summed E-state index contributed by atoms with van der Waals surface area (Å²) in [6, 6.07) is 12.9. The zero-order valence-corrected chi connectivity index (χ0v) is 17.7. The SMILES string of the molecule is Nc1ncnn2c(-c3cccc([C]4CC(O)C4)c3)cc(-c3ccnn3C3CCOCC3)c12. The summed E-state index contributed by atoms with van der Waals surface area (Å²) in [5.74, 6) is 1.72. The second kappa shape index (κ2) is 7.72. The molecule has 4 heterocycles. The highest BCUT2D eigenvalue weighted by molar-refractivity contribution is 5.91. The fourth-order valence-electron chi connectivity index (χ4n) is 4.86. The van der Waals surface area contributed by atoms with E-state index in [1.54, 1.807) is 0 Å². The van der Waals surface area contributed by atoms with Gasteiger partial charge in [0.05, 0.1) is 23.5 Å². The lowest BCUT2D eigenvalue weighted by atomic mass is 9.77. The van der Waals surface area contributed by atoms with Crippen molar-refractivity contribution in [3.8, 4) is 22.5 Å². The molecule has 1 saturated heterocycles. The maximum Gasteiger partial charge on any atom is 0.152 e. The van der Waals surface area contributed by atoms with Gasteiger partial charge in [-0.1, -0.05) is 18.2 Å². The smallest absolute Gasteiger partial charge is 0.152 e. The Morgan fingerprint density at radius 2 is 1.81 bits per heavy atom. The summed E-state index contributed by atoms with van der Waals surface area (Å²) in [6.07, 6.45) is 6.47. The second-order valence-electron chi connectivity index (χ2n) is 8.60. The molecule has 0 unspecified atom stereocenters. The normalized spacial score (nSPS) is 18.3. The summed E-state index contributed by atoms with van der Waals surface area (Å²) in [6.45, 7) is 1.49. The van der Waals surface area contributed by atoms with E-state index in [4.69, 9.17) is 10.5 Å². The van der Waals surface area contributed by atoms with Gasteiger partial charge in [-0.2, -0.15) is 10.2 Å². The predicted molar refractivity (Wildman–Crippen MR) is 121 cm³/mol. The zero-order chi connectivity index (χ0) is 21.7. The Bertz CT molecular complexity index is 1270. The van der Waals surface area contributed by atoms with E-state index < -0.39 is 0 Å². The van der Waals surface area contributed by atoms with E-state index in [0.29, 0.717) is 11.9 Å². The number of ether oxygens (including phenoxy) is 1. The lowest BCUT2D eigenvalue weighted by Crippen LogP contribution is -2.27. The number of aliphatic hydroxyl groups is 1.